The van der Waals surface area contributed by atoms with E-state index in [4.69, 9.17) is 0 Å². The SMILES string of the molecule is Cc1ccc2nc([C@@H]3CCCN(S(=O)(=O)c4cccnc4)C3)[nH]c2c1. The van der Waals surface area contributed by atoms with Gasteiger partial charge in [0, 0.05) is 31.4 Å². The van der Waals surface area contributed by atoms with Gasteiger partial charge in [0.2, 0.25) is 10.0 Å². The van der Waals surface area contributed by atoms with Crippen molar-refractivity contribution >= 4 is 21.1 Å². The molecule has 6 nitrogen and oxygen atoms in total. The molecule has 3 heterocycles. The van der Waals surface area contributed by atoms with Gasteiger partial charge in [0.1, 0.15) is 10.7 Å². The smallest absolute Gasteiger partial charge is 0.244 e. The van der Waals surface area contributed by atoms with Gasteiger partial charge in [0.15, 0.2) is 0 Å². The summed E-state index contributed by atoms with van der Waals surface area (Å²) in [6.07, 6.45) is 4.73. The van der Waals surface area contributed by atoms with Crippen LogP contribution >= 0.6 is 0 Å². The summed E-state index contributed by atoms with van der Waals surface area (Å²) in [6, 6.07) is 9.34. The number of nitrogens with zero attached hydrogens (tertiary/aromatic N) is 3. The molecule has 0 unspecified atom stereocenters. The van der Waals surface area contributed by atoms with Crippen LogP contribution in [0.5, 0.6) is 0 Å². The molecule has 0 spiro atoms. The zero-order valence-corrected chi connectivity index (χ0v) is 14.8. The van der Waals surface area contributed by atoms with Crippen LogP contribution in [0.4, 0.5) is 0 Å². The normalized spacial score (nSPS) is 19.3. The van der Waals surface area contributed by atoms with E-state index in [9.17, 15) is 8.42 Å². The highest BCUT2D eigenvalue weighted by Crippen LogP contribution is 2.30. The van der Waals surface area contributed by atoms with E-state index in [0.717, 1.165) is 29.7 Å². The molecular weight excluding hydrogens is 336 g/mol. The Labute approximate surface area is 147 Å². The molecule has 1 fully saturated rings. The number of benzene rings is 1. The monoisotopic (exact) mass is 356 g/mol. The Balaban J connectivity index is 1.62. The second-order valence-corrected chi connectivity index (χ2v) is 8.47. The van der Waals surface area contributed by atoms with Gasteiger partial charge in [0.25, 0.3) is 0 Å². The van der Waals surface area contributed by atoms with Crippen molar-refractivity contribution < 1.29 is 8.42 Å². The van der Waals surface area contributed by atoms with E-state index in [2.05, 4.69) is 21.0 Å². The number of hydrogen-bond donors (Lipinski definition) is 1. The molecule has 1 saturated heterocycles. The standard InChI is InChI=1S/C18H20N4O2S/c1-13-6-7-16-17(10-13)21-18(20-16)14-4-3-9-22(12-14)25(23,24)15-5-2-8-19-11-15/h2,5-8,10-11,14H,3-4,9,12H2,1H3,(H,20,21)/t14-/m1/s1. The molecule has 0 aliphatic carbocycles. The summed E-state index contributed by atoms with van der Waals surface area (Å²) < 4.78 is 27.2. The Bertz CT molecular complexity index is 998. The molecule has 0 amide bonds. The van der Waals surface area contributed by atoms with Gasteiger partial charge in [-0.05, 0) is 49.6 Å². The predicted octanol–water partition coefficient (Wildman–Crippen LogP) is 2.83. The fraction of sp³-hybridized carbons (Fsp3) is 0.333. The van der Waals surface area contributed by atoms with E-state index in [-0.39, 0.29) is 10.8 Å². The molecule has 1 N–H and O–H groups in total. The van der Waals surface area contributed by atoms with Gasteiger partial charge in [-0.25, -0.2) is 13.4 Å². The molecule has 0 radical (unpaired) electrons. The summed E-state index contributed by atoms with van der Waals surface area (Å²) in [6.45, 7) is 3.02. The number of sulfonamides is 1. The number of H-pyrrole nitrogens is 1. The Morgan fingerprint density at radius 1 is 1.28 bits per heavy atom. The summed E-state index contributed by atoms with van der Waals surface area (Å²) in [7, 11) is -3.51. The summed E-state index contributed by atoms with van der Waals surface area (Å²) >= 11 is 0. The van der Waals surface area contributed by atoms with E-state index in [1.165, 1.54) is 11.8 Å². The van der Waals surface area contributed by atoms with Crippen molar-refractivity contribution in [3.8, 4) is 0 Å². The number of nitrogens with one attached hydrogen (secondary N) is 1. The highest BCUT2D eigenvalue weighted by molar-refractivity contribution is 7.89. The highest BCUT2D eigenvalue weighted by atomic mass is 32.2. The van der Waals surface area contributed by atoms with Crippen molar-refractivity contribution in [3.63, 3.8) is 0 Å². The first-order valence-corrected chi connectivity index (χ1v) is 9.84. The number of rotatable bonds is 3. The number of fused-ring (bicyclic) bond motifs is 1. The third kappa shape index (κ3) is 3.05. The van der Waals surface area contributed by atoms with Crippen LogP contribution in [0.1, 0.15) is 30.1 Å². The van der Waals surface area contributed by atoms with Gasteiger partial charge < -0.3 is 4.98 Å². The van der Waals surface area contributed by atoms with Crippen molar-refractivity contribution in [2.75, 3.05) is 13.1 Å². The molecule has 7 heteroatoms. The maximum Gasteiger partial charge on any atom is 0.244 e. The lowest BCUT2D eigenvalue weighted by molar-refractivity contribution is 0.310. The van der Waals surface area contributed by atoms with Crippen LogP contribution < -0.4 is 0 Å². The van der Waals surface area contributed by atoms with Gasteiger partial charge >= 0.3 is 0 Å². The lowest BCUT2D eigenvalue weighted by Gasteiger charge is -2.30. The quantitative estimate of drug-likeness (QED) is 0.783. The van der Waals surface area contributed by atoms with Crippen LogP contribution in [0.3, 0.4) is 0 Å². The first kappa shape index (κ1) is 16.2. The number of aromatic nitrogens is 3. The number of aromatic amines is 1. The zero-order chi connectivity index (χ0) is 17.4. The molecule has 1 aromatic carbocycles. The molecule has 0 saturated carbocycles. The maximum absolute atomic E-state index is 12.8. The Morgan fingerprint density at radius 3 is 2.96 bits per heavy atom. The molecule has 1 atom stereocenters. The molecular formula is C18H20N4O2S. The van der Waals surface area contributed by atoms with Crippen LogP contribution in [-0.2, 0) is 10.0 Å². The molecule has 3 aromatic rings. The Kier molecular flexibility index (Phi) is 4.05. The van der Waals surface area contributed by atoms with Crippen LogP contribution in [-0.4, -0.2) is 40.8 Å². The summed E-state index contributed by atoms with van der Waals surface area (Å²) in [4.78, 5) is 12.2. The van der Waals surface area contributed by atoms with Crippen LogP contribution in [0, 0.1) is 6.92 Å². The first-order chi connectivity index (χ1) is 12.0. The summed E-state index contributed by atoms with van der Waals surface area (Å²) in [5.41, 5.74) is 3.10. The van der Waals surface area contributed by atoms with Gasteiger partial charge in [-0.3, -0.25) is 4.98 Å². The van der Waals surface area contributed by atoms with E-state index < -0.39 is 10.0 Å². The molecule has 1 aliphatic heterocycles. The average Bonchev–Trinajstić information content (AvgIpc) is 3.06. The number of pyridine rings is 1. The third-order valence-corrected chi connectivity index (χ3v) is 6.55. The van der Waals surface area contributed by atoms with Gasteiger partial charge in [-0.2, -0.15) is 4.31 Å². The van der Waals surface area contributed by atoms with E-state index >= 15 is 0 Å². The zero-order valence-electron chi connectivity index (χ0n) is 14.0. The van der Waals surface area contributed by atoms with Crippen molar-refractivity contribution in [1.82, 2.24) is 19.3 Å². The number of imidazole rings is 1. The first-order valence-electron chi connectivity index (χ1n) is 8.40. The lowest BCUT2D eigenvalue weighted by Crippen LogP contribution is -2.39. The minimum absolute atomic E-state index is 0.0768. The molecule has 1 aliphatic rings. The van der Waals surface area contributed by atoms with E-state index in [0.29, 0.717) is 13.1 Å². The minimum Gasteiger partial charge on any atom is -0.342 e. The maximum atomic E-state index is 12.8. The van der Waals surface area contributed by atoms with Gasteiger partial charge in [0.05, 0.1) is 11.0 Å². The largest absolute Gasteiger partial charge is 0.342 e. The van der Waals surface area contributed by atoms with Crippen LogP contribution in [0.2, 0.25) is 0 Å². The molecule has 2 aromatic heterocycles. The number of piperidine rings is 1. The average molecular weight is 356 g/mol. The van der Waals surface area contributed by atoms with Crippen molar-refractivity contribution in [2.24, 2.45) is 0 Å². The van der Waals surface area contributed by atoms with Gasteiger partial charge in [-0.15, -0.1) is 0 Å². The van der Waals surface area contributed by atoms with E-state index in [1.54, 1.807) is 22.6 Å². The molecule has 25 heavy (non-hydrogen) atoms. The van der Waals surface area contributed by atoms with Crippen molar-refractivity contribution in [2.45, 2.75) is 30.6 Å². The van der Waals surface area contributed by atoms with Gasteiger partial charge in [-0.1, -0.05) is 6.07 Å². The topological polar surface area (TPSA) is 79.0 Å². The molecule has 4 rings (SSSR count). The van der Waals surface area contributed by atoms with Crippen molar-refractivity contribution in [3.05, 3.63) is 54.1 Å². The second-order valence-electron chi connectivity index (χ2n) is 6.53. The van der Waals surface area contributed by atoms with Crippen molar-refractivity contribution in [1.29, 1.82) is 0 Å². The third-order valence-electron chi connectivity index (χ3n) is 4.70. The second kappa shape index (κ2) is 6.24. The minimum atomic E-state index is -3.51. The Hall–Kier alpha value is -2.25. The highest BCUT2D eigenvalue weighted by Gasteiger charge is 2.32. The Morgan fingerprint density at radius 2 is 2.16 bits per heavy atom. The van der Waals surface area contributed by atoms with Crippen LogP contribution in [0.15, 0.2) is 47.6 Å². The molecule has 0 bridgehead atoms. The predicted molar refractivity (Wildman–Crippen MR) is 95.8 cm³/mol. The number of aryl methyl sites for hydroxylation is 1. The lowest BCUT2D eigenvalue weighted by atomic mass is 9.99. The van der Waals surface area contributed by atoms with Crippen LogP contribution in [0.25, 0.3) is 11.0 Å². The molecule has 130 valence electrons. The fourth-order valence-corrected chi connectivity index (χ4v) is 4.86. The summed E-state index contributed by atoms with van der Waals surface area (Å²) in [5.74, 6) is 0.944. The fourth-order valence-electron chi connectivity index (χ4n) is 3.37. The van der Waals surface area contributed by atoms with E-state index in [1.807, 2.05) is 19.1 Å². The summed E-state index contributed by atoms with van der Waals surface area (Å²) in [5, 5.41) is 0. The number of hydrogen-bond acceptors (Lipinski definition) is 4.